The number of fused-ring (bicyclic) bond motifs is 1. The number of hydrogen-bond donors (Lipinski definition) is 1. The summed E-state index contributed by atoms with van der Waals surface area (Å²) in [5.41, 5.74) is 0.655. The quantitative estimate of drug-likeness (QED) is 0.404. The number of hydrogen-bond acceptors (Lipinski definition) is 5. The third-order valence-corrected chi connectivity index (χ3v) is 6.25. The first-order valence-electron chi connectivity index (χ1n) is 10.6. The number of rotatable bonds is 9. The van der Waals surface area contributed by atoms with E-state index < -0.39 is 11.9 Å². The monoisotopic (exact) mass is 479 g/mol. The summed E-state index contributed by atoms with van der Waals surface area (Å²) in [6.45, 7) is 2.20. The average Bonchev–Trinajstić information content (AvgIpc) is 3.39. The number of aliphatic hydroxyl groups is 1. The molecule has 0 aliphatic carbocycles. The van der Waals surface area contributed by atoms with E-state index in [0.29, 0.717) is 41.0 Å². The van der Waals surface area contributed by atoms with Crippen LogP contribution in [0.25, 0.3) is 11.0 Å². The van der Waals surface area contributed by atoms with Crippen LogP contribution in [0.2, 0.25) is 10.0 Å². The molecule has 2 heterocycles. The summed E-state index contributed by atoms with van der Waals surface area (Å²) >= 11 is 11.6. The molecule has 0 radical (unpaired) electrons. The Bertz CT molecular complexity index is 1100. The van der Waals surface area contributed by atoms with Crippen molar-refractivity contribution in [3.63, 3.8) is 0 Å². The second-order valence-electron chi connectivity index (χ2n) is 8.21. The lowest BCUT2D eigenvalue weighted by molar-refractivity contribution is 0.0742. The molecule has 5 nitrogen and oxygen atoms in total. The standard InChI is InChI=1S/C24H24Cl2FNO4/c25-17-2-6-23-16(9-17)10-24(32-23)22(30)5-1-15-7-8-28(12-15)13-18(29)14-31-19-3-4-20(26)21(27)11-19/h2-4,6,9-11,15,18,29H,1,5,7-8,12-14H2. The molecular weight excluding hydrogens is 456 g/mol. The molecule has 1 aliphatic heterocycles. The van der Waals surface area contributed by atoms with Gasteiger partial charge in [-0.15, -0.1) is 0 Å². The van der Waals surface area contributed by atoms with Gasteiger partial charge in [0.2, 0.25) is 0 Å². The Kier molecular flexibility index (Phi) is 7.36. The van der Waals surface area contributed by atoms with E-state index in [1.54, 1.807) is 30.3 Å². The zero-order valence-corrected chi connectivity index (χ0v) is 18.9. The van der Waals surface area contributed by atoms with Gasteiger partial charge in [0.05, 0.1) is 5.02 Å². The van der Waals surface area contributed by atoms with Crippen LogP contribution in [0.15, 0.2) is 46.9 Å². The number of likely N-dealkylation sites (tertiary alicyclic amines) is 1. The summed E-state index contributed by atoms with van der Waals surface area (Å²) in [6.07, 6.45) is 1.46. The summed E-state index contributed by atoms with van der Waals surface area (Å²) in [7, 11) is 0. The molecule has 1 fully saturated rings. The number of carbonyl (C=O) groups is 1. The van der Waals surface area contributed by atoms with Crippen LogP contribution in [0.4, 0.5) is 4.39 Å². The molecule has 0 amide bonds. The molecule has 3 aromatic rings. The molecule has 2 aromatic carbocycles. The first-order chi connectivity index (χ1) is 15.4. The minimum Gasteiger partial charge on any atom is -0.491 e. The minimum absolute atomic E-state index is 0.0144. The van der Waals surface area contributed by atoms with Crippen LogP contribution in [0, 0.1) is 11.7 Å². The van der Waals surface area contributed by atoms with Crippen LogP contribution in [-0.4, -0.2) is 48.1 Å². The van der Waals surface area contributed by atoms with Crippen molar-refractivity contribution in [2.24, 2.45) is 5.92 Å². The highest BCUT2D eigenvalue weighted by Gasteiger charge is 2.25. The first kappa shape index (κ1) is 23.1. The molecule has 32 heavy (non-hydrogen) atoms. The van der Waals surface area contributed by atoms with Crippen molar-refractivity contribution in [1.29, 1.82) is 0 Å². The highest BCUT2D eigenvalue weighted by Crippen LogP contribution is 2.26. The number of Topliss-reactive ketones (excluding diaryl/α,β-unsaturated/α-hetero) is 1. The van der Waals surface area contributed by atoms with Gasteiger partial charge < -0.3 is 19.2 Å². The summed E-state index contributed by atoms with van der Waals surface area (Å²) < 4.78 is 24.6. The van der Waals surface area contributed by atoms with Gasteiger partial charge in [-0.2, -0.15) is 0 Å². The molecular formula is C24H24Cl2FNO4. The van der Waals surface area contributed by atoms with E-state index in [0.717, 1.165) is 31.3 Å². The Morgan fingerprint density at radius 2 is 2.09 bits per heavy atom. The van der Waals surface area contributed by atoms with E-state index >= 15 is 0 Å². The number of halogens is 3. The van der Waals surface area contributed by atoms with Crippen molar-refractivity contribution in [1.82, 2.24) is 4.90 Å². The lowest BCUT2D eigenvalue weighted by atomic mass is 10.00. The zero-order valence-electron chi connectivity index (χ0n) is 17.4. The minimum atomic E-state index is -0.698. The molecule has 1 saturated heterocycles. The fourth-order valence-electron chi connectivity index (χ4n) is 4.03. The summed E-state index contributed by atoms with van der Waals surface area (Å²) in [4.78, 5) is 14.7. The molecule has 1 aromatic heterocycles. The number of carbonyl (C=O) groups excluding carboxylic acids is 1. The largest absolute Gasteiger partial charge is 0.491 e. The lowest BCUT2D eigenvalue weighted by Crippen LogP contribution is -2.34. The van der Waals surface area contributed by atoms with Crippen molar-refractivity contribution in [2.45, 2.75) is 25.4 Å². The summed E-state index contributed by atoms with van der Waals surface area (Å²) in [5, 5.41) is 11.7. The van der Waals surface area contributed by atoms with Crippen molar-refractivity contribution >= 4 is 40.0 Å². The normalized spacial score (nSPS) is 17.7. The van der Waals surface area contributed by atoms with Crippen LogP contribution in [0.5, 0.6) is 5.75 Å². The van der Waals surface area contributed by atoms with Crippen molar-refractivity contribution in [3.8, 4) is 5.75 Å². The molecule has 0 spiro atoms. The van der Waals surface area contributed by atoms with Crippen LogP contribution in [-0.2, 0) is 0 Å². The smallest absolute Gasteiger partial charge is 0.198 e. The number of nitrogens with zero attached hydrogens (tertiary/aromatic N) is 1. The fraction of sp³-hybridized carbons (Fsp3) is 0.375. The SMILES string of the molecule is O=C(CCC1CCN(CC(O)COc2ccc(Cl)c(F)c2)C1)c1cc2cc(Cl)ccc2o1. The fourth-order valence-corrected chi connectivity index (χ4v) is 4.33. The average molecular weight is 480 g/mol. The molecule has 2 atom stereocenters. The number of aliphatic hydroxyl groups excluding tert-OH is 1. The highest BCUT2D eigenvalue weighted by atomic mass is 35.5. The molecule has 4 rings (SSSR count). The maximum absolute atomic E-state index is 13.5. The number of ketones is 1. The van der Waals surface area contributed by atoms with Gasteiger partial charge in [0.25, 0.3) is 0 Å². The molecule has 8 heteroatoms. The van der Waals surface area contributed by atoms with Gasteiger partial charge in [0.15, 0.2) is 11.5 Å². The first-order valence-corrected chi connectivity index (χ1v) is 11.3. The number of benzene rings is 2. The molecule has 2 unspecified atom stereocenters. The van der Waals surface area contributed by atoms with Crippen molar-refractivity contribution in [2.75, 3.05) is 26.2 Å². The van der Waals surface area contributed by atoms with Gasteiger partial charge in [0.1, 0.15) is 29.9 Å². The molecule has 0 bridgehead atoms. The third-order valence-electron chi connectivity index (χ3n) is 5.71. The molecule has 0 saturated carbocycles. The molecule has 170 valence electrons. The Hall–Kier alpha value is -2.12. The van der Waals surface area contributed by atoms with Crippen molar-refractivity contribution < 1.29 is 23.4 Å². The Labute approximate surface area is 195 Å². The third kappa shape index (κ3) is 5.81. The lowest BCUT2D eigenvalue weighted by Gasteiger charge is -2.20. The van der Waals surface area contributed by atoms with E-state index in [9.17, 15) is 14.3 Å². The van der Waals surface area contributed by atoms with Gasteiger partial charge in [-0.3, -0.25) is 4.79 Å². The van der Waals surface area contributed by atoms with Crippen LogP contribution in [0.1, 0.15) is 29.8 Å². The van der Waals surface area contributed by atoms with E-state index in [1.807, 2.05) is 0 Å². The van der Waals surface area contributed by atoms with Crippen LogP contribution in [0.3, 0.4) is 0 Å². The van der Waals surface area contributed by atoms with Gasteiger partial charge >= 0.3 is 0 Å². The number of ether oxygens (including phenoxy) is 1. The Balaban J connectivity index is 1.20. The van der Waals surface area contributed by atoms with Crippen LogP contribution >= 0.6 is 23.2 Å². The summed E-state index contributed by atoms with van der Waals surface area (Å²) in [5.74, 6) is 0.512. The second kappa shape index (κ2) is 10.2. The number of β-amino-alcohol motifs (C(OH)–C–C–N with tert-alkyl or cyclic N) is 1. The van der Waals surface area contributed by atoms with Gasteiger partial charge in [-0.25, -0.2) is 4.39 Å². The Morgan fingerprint density at radius 3 is 2.91 bits per heavy atom. The van der Waals surface area contributed by atoms with E-state index in [-0.39, 0.29) is 17.4 Å². The predicted octanol–water partition coefficient (Wildman–Crippen LogP) is 5.60. The predicted molar refractivity (Wildman–Crippen MR) is 122 cm³/mol. The molecule has 1 N–H and O–H groups in total. The summed E-state index contributed by atoms with van der Waals surface area (Å²) in [6, 6.07) is 11.2. The topological polar surface area (TPSA) is 62.9 Å². The van der Waals surface area contributed by atoms with Crippen molar-refractivity contribution in [3.05, 3.63) is 64.1 Å². The van der Waals surface area contributed by atoms with Gasteiger partial charge in [0, 0.05) is 36.0 Å². The van der Waals surface area contributed by atoms with Gasteiger partial charge in [-0.1, -0.05) is 23.2 Å². The Morgan fingerprint density at radius 1 is 1.25 bits per heavy atom. The van der Waals surface area contributed by atoms with E-state index in [1.165, 1.54) is 12.1 Å². The maximum Gasteiger partial charge on any atom is 0.198 e. The van der Waals surface area contributed by atoms with E-state index in [2.05, 4.69) is 4.90 Å². The zero-order chi connectivity index (χ0) is 22.7. The van der Waals surface area contributed by atoms with Gasteiger partial charge in [-0.05, 0) is 61.7 Å². The second-order valence-corrected chi connectivity index (χ2v) is 9.05. The highest BCUT2D eigenvalue weighted by molar-refractivity contribution is 6.31. The van der Waals surface area contributed by atoms with E-state index in [4.69, 9.17) is 32.4 Å². The van der Waals surface area contributed by atoms with Crippen LogP contribution < -0.4 is 4.74 Å². The number of furan rings is 1. The maximum atomic E-state index is 13.5. The molecule has 1 aliphatic rings.